The lowest BCUT2D eigenvalue weighted by Gasteiger charge is -2.27. The van der Waals surface area contributed by atoms with Gasteiger partial charge in [-0.15, -0.1) is 6.58 Å². The van der Waals surface area contributed by atoms with Crippen molar-refractivity contribution < 1.29 is 17.6 Å². The van der Waals surface area contributed by atoms with E-state index in [0.717, 1.165) is 37.8 Å². The molecule has 5 nitrogen and oxygen atoms in total. The Balaban J connectivity index is 2.17. The second-order valence-electron chi connectivity index (χ2n) is 6.23. The summed E-state index contributed by atoms with van der Waals surface area (Å²) in [5, 5.41) is 2.91. The number of amides is 1. The van der Waals surface area contributed by atoms with E-state index in [4.69, 9.17) is 0 Å². The average molecular weight is 354 g/mol. The smallest absolute Gasteiger partial charge is 0.251 e. The summed E-state index contributed by atoms with van der Waals surface area (Å²) < 4.78 is 40.3. The fraction of sp³-hybridized carbons (Fsp3) is 0.471. The van der Waals surface area contributed by atoms with E-state index in [2.05, 4.69) is 23.5 Å². The number of sulfonamides is 1. The van der Waals surface area contributed by atoms with Crippen LogP contribution in [-0.4, -0.2) is 26.9 Å². The third kappa shape index (κ3) is 4.64. The SMILES string of the molecule is C=CCNS(=O)(=O)c1cc(C(=O)NC2CCCC(C)C2)ccc1F. The third-order valence-corrected chi connectivity index (χ3v) is 5.61. The molecular weight excluding hydrogens is 331 g/mol. The Bertz CT molecular complexity index is 719. The number of halogens is 1. The first kappa shape index (κ1) is 18.6. The highest BCUT2D eigenvalue weighted by atomic mass is 32.2. The number of nitrogens with one attached hydrogen (secondary N) is 2. The molecule has 1 aliphatic carbocycles. The van der Waals surface area contributed by atoms with Gasteiger partial charge in [0.05, 0.1) is 0 Å². The van der Waals surface area contributed by atoms with Crippen molar-refractivity contribution in [3.8, 4) is 0 Å². The molecule has 2 atom stereocenters. The van der Waals surface area contributed by atoms with Gasteiger partial charge in [-0.25, -0.2) is 17.5 Å². The predicted octanol–water partition coefficient (Wildman–Crippen LogP) is 2.60. The minimum absolute atomic E-state index is 0.0157. The summed E-state index contributed by atoms with van der Waals surface area (Å²) in [4.78, 5) is 11.8. The monoisotopic (exact) mass is 354 g/mol. The van der Waals surface area contributed by atoms with Gasteiger partial charge < -0.3 is 5.32 Å². The van der Waals surface area contributed by atoms with Crippen molar-refractivity contribution in [3.63, 3.8) is 0 Å². The maximum absolute atomic E-state index is 13.9. The third-order valence-electron chi connectivity index (χ3n) is 4.17. The molecule has 2 N–H and O–H groups in total. The van der Waals surface area contributed by atoms with Crippen molar-refractivity contribution >= 4 is 15.9 Å². The van der Waals surface area contributed by atoms with Crippen LogP contribution in [0.1, 0.15) is 43.0 Å². The lowest BCUT2D eigenvalue weighted by atomic mass is 9.87. The molecule has 0 saturated heterocycles. The normalized spacial score (nSPS) is 21.2. The molecule has 0 heterocycles. The molecule has 24 heavy (non-hydrogen) atoms. The molecule has 2 unspecified atom stereocenters. The molecule has 1 aromatic rings. The highest BCUT2D eigenvalue weighted by molar-refractivity contribution is 7.89. The summed E-state index contributed by atoms with van der Waals surface area (Å²) in [6.07, 6.45) is 5.37. The van der Waals surface area contributed by atoms with Crippen molar-refractivity contribution in [3.05, 3.63) is 42.2 Å². The molecule has 2 rings (SSSR count). The van der Waals surface area contributed by atoms with Crippen LogP contribution in [0.3, 0.4) is 0 Å². The van der Waals surface area contributed by atoms with Gasteiger partial charge in [-0.1, -0.05) is 25.8 Å². The maximum Gasteiger partial charge on any atom is 0.251 e. The highest BCUT2D eigenvalue weighted by Crippen LogP contribution is 2.24. The molecule has 1 aliphatic rings. The summed E-state index contributed by atoms with van der Waals surface area (Å²) in [7, 11) is -4.03. The van der Waals surface area contributed by atoms with Gasteiger partial charge >= 0.3 is 0 Å². The molecule has 1 amide bonds. The zero-order valence-corrected chi connectivity index (χ0v) is 14.5. The van der Waals surface area contributed by atoms with E-state index in [9.17, 15) is 17.6 Å². The van der Waals surface area contributed by atoms with Gasteiger partial charge in [0.25, 0.3) is 5.91 Å². The number of hydrogen-bond donors (Lipinski definition) is 2. The molecule has 1 fully saturated rings. The van der Waals surface area contributed by atoms with Crippen molar-refractivity contribution in [1.82, 2.24) is 10.0 Å². The van der Waals surface area contributed by atoms with Crippen LogP contribution in [-0.2, 0) is 10.0 Å². The molecule has 0 bridgehead atoms. The predicted molar refractivity (Wildman–Crippen MR) is 90.7 cm³/mol. The van der Waals surface area contributed by atoms with Crippen LogP contribution in [0.5, 0.6) is 0 Å². The highest BCUT2D eigenvalue weighted by Gasteiger charge is 2.23. The van der Waals surface area contributed by atoms with E-state index in [0.29, 0.717) is 5.92 Å². The quantitative estimate of drug-likeness (QED) is 0.771. The molecule has 1 saturated carbocycles. The lowest BCUT2D eigenvalue weighted by molar-refractivity contribution is 0.0921. The van der Waals surface area contributed by atoms with Crippen molar-refractivity contribution in [2.45, 2.75) is 43.5 Å². The number of benzene rings is 1. The van der Waals surface area contributed by atoms with Crippen molar-refractivity contribution in [1.29, 1.82) is 0 Å². The Morgan fingerprint density at radius 2 is 2.17 bits per heavy atom. The zero-order valence-electron chi connectivity index (χ0n) is 13.7. The zero-order chi connectivity index (χ0) is 17.7. The van der Waals surface area contributed by atoms with Gasteiger partial charge in [-0.05, 0) is 37.0 Å². The van der Waals surface area contributed by atoms with Gasteiger partial charge in [0.1, 0.15) is 10.7 Å². The van der Waals surface area contributed by atoms with E-state index in [1.54, 1.807) is 0 Å². The second-order valence-corrected chi connectivity index (χ2v) is 7.96. The van der Waals surface area contributed by atoms with E-state index >= 15 is 0 Å². The summed E-state index contributed by atoms with van der Waals surface area (Å²) in [6, 6.07) is 3.44. The van der Waals surface area contributed by atoms with Gasteiger partial charge in [0.2, 0.25) is 10.0 Å². The van der Waals surface area contributed by atoms with E-state index in [-0.39, 0.29) is 24.1 Å². The minimum atomic E-state index is -4.03. The van der Waals surface area contributed by atoms with Crippen LogP contribution in [0.2, 0.25) is 0 Å². The van der Waals surface area contributed by atoms with Crippen LogP contribution in [0, 0.1) is 11.7 Å². The van der Waals surface area contributed by atoms with Crippen molar-refractivity contribution in [2.75, 3.05) is 6.54 Å². The summed E-state index contributed by atoms with van der Waals surface area (Å²) in [5.41, 5.74) is 0.133. The van der Waals surface area contributed by atoms with Crippen LogP contribution in [0.4, 0.5) is 4.39 Å². The Morgan fingerprint density at radius 1 is 1.42 bits per heavy atom. The van der Waals surface area contributed by atoms with Crippen LogP contribution in [0.15, 0.2) is 35.7 Å². The molecule has 1 aromatic carbocycles. The van der Waals surface area contributed by atoms with Gasteiger partial charge in [-0.2, -0.15) is 0 Å². The number of carbonyl (C=O) groups excluding carboxylic acids is 1. The Kier molecular flexibility index (Phi) is 6.12. The van der Waals surface area contributed by atoms with Crippen LogP contribution >= 0.6 is 0 Å². The molecule has 0 aromatic heterocycles. The summed E-state index contributed by atoms with van der Waals surface area (Å²) in [6.45, 7) is 5.54. The standard InChI is InChI=1S/C17H23FN2O3S/c1-3-9-19-24(22,23)16-11-13(7-8-15(16)18)17(21)20-14-6-4-5-12(2)10-14/h3,7-8,11-12,14,19H,1,4-6,9-10H2,2H3,(H,20,21). The van der Waals surface area contributed by atoms with Crippen LogP contribution in [0.25, 0.3) is 0 Å². The molecular formula is C17H23FN2O3S. The van der Waals surface area contributed by atoms with E-state index in [1.165, 1.54) is 12.1 Å². The first-order valence-electron chi connectivity index (χ1n) is 8.04. The maximum atomic E-state index is 13.9. The number of hydrogen-bond acceptors (Lipinski definition) is 3. The lowest BCUT2D eigenvalue weighted by Crippen LogP contribution is -2.38. The largest absolute Gasteiger partial charge is 0.349 e. The number of rotatable bonds is 6. The summed E-state index contributed by atoms with van der Waals surface area (Å²) >= 11 is 0. The van der Waals surface area contributed by atoms with E-state index < -0.39 is 20.7 Å². The van der Waals surface area contributed by atoms with Gasteiger partial charge in [0, 0.05) is 18.2 Å². The first-order chi connectivity index (χ1) is 11.3. The molecule has 7 heteroatoms. The average Bonchev–Trinajstić information content (AvgIpc) is 2.53. The second kappa shape index (κ2) is 7.90. The summed E-state index contributed by atoms with van der Waals surface area (Å²) in [5.74, 6) is -0.722. The van der Waals surface area contributed by atoms with Crippen molar-refractivity contribution in [2.24, 2.45) is 5.92 Å². The Hall–Kier alpha value is -1.73. The molecule has 0 aliphatic heterocycles. The van der Waals surface area contributed by atoms with Gasteiger partial charge in [0.15, 0.2) is 0 Å². The Morgan fingerprint density at radius 3 is 2.83 bits per heavy atom. The minimum Gasteiger partial charge on any atom is -0.349 e. The molecule has 0 spiro atoms. The first-order valence-corrected chi connectivity index (χ1v) is 9.52. The Labute approximate surface area is 142 Å². The van der Waals surface area contributed by atoms with E-state index in [1.807, 2.05) is 0 Å². The fourth-order valence-corrected chi connectivity index (χ4v) is 4.03. The number of carbonyl (C=O) groups is 1. The molecule has 0 radical (unpaired) electrons. The van der Waals surface area contributed by atoms with Crippen LogP contribution < -0.4 is 10.0 Å². The van der Waals surface area contributed by atoms with Gasteiger partial charge in [-0.3, -0.25) is 4.79 Å². The molecule has 132 valence electrons. The fourth-order valence-electron chi connectivity index (χ4n) is 2.93. The topological polar surface area (TPSA) is 75.3 Å².